The molecule has 6 nitrogen and oxygen atoms in total. The fourth-order valence-corrected chi connectivity index (χ4v) is 2.42. The highest BCUT2D eigenvalue weighted by atomic mass is 16.5. The quantitative estimate of drug-likeness (QED) is 0.767. The summed E-state index contributed by atoms with van der Waals surface area (Å²) >= 11 is 0. The molecule has 0 spiro atoms. The molecule has 0 bridgehead atoms. The molecule has 1 fully saturated rings. The van der Waals surface area contributed by atoms with E-state index in [1.54, 1.807) is 7.11 Å². The molecule has 0 aliphatic heterocycles. The third kappa shape index (κ3) is 3.65. The number of ether oxygens (including phenoxy) is 1. The van der Waals surface area contributed by atoms with Crippen molar-refractivity contribution in [2.24, 2.45) is 0 Å². The van der Waals surface area contributed by atoms with Crippen LogP contribution in [0.25, 0.3) is 0 Å². The van der Waals surface area contributed by atoms with E-state index in [-0.39, 0.29) is 6.03 Å². The minimum atomic E-state index is -0.212. The number of benzene rings is 1. The van der Waals surface area contributed by atoms with Crippen molar-refractivity contribution in [3.8, 4) is 0 Å². The van der Waals surface area contributed by atoms with Crippen molar-refractivity contribution in [1.29, 1.82) is 0 Å². The van der Waals surface area contributed by atoms with Crippen molar-refractivity contribution in [3.63, 3.8) is 0 Å². The normalized spacial score (nSPS) is 13.9. The van der Waals surface area contributed by atoms with Gasteiger partial charge >= 0.3 is 6.03 Å². The van der Waals surface area contributed by atoms with Gasteiger partial charge in [-0.15, -0.1) is 0 Å². The second-order valence-corrected chi connectivity index (χ2v) is 5.49. The molecule has 3 rings (SSSR count). The molecule has 1 aliphatic carbocycles. The molecule has 1 heterocycles. The van der Waals surface area contributed by atoms with Crippen molar-refractivity contribution >= 4 is 11.7 Å². The molecule has 3 N–H and O–H groups in total. The van der Waals surface area contributed by atoms with Gasteiger partial charge in [0.1, 0.15) is 0 Å². The number of methoxy groups -OCH3 is 1. The molecule has 22 heavy (non-hydrogen) atoms. The minimum Gasteiger partial charge on any atom is -0.378 e. The first-order valence-corrected chi connectivity index (χ1v) is 7.42. The molecular formula is C16H20N4O2. The van der Waals surface area contributed by atoms with Crippen molar-refractivity contribution in [1.82, 2.24) is 15.5 Å². The Bertz CT molecular complexity index is 649. The smallest absolute Gasteiger partial charge is 0.319 e. The zero-order chi connectivity index (χ0) is 15.4. The lowest BCUT2D eigenvalue weighted by Crippen LogP contribution is -2.28. The number of rotatable bonds is 6. The Kier molecular flexibility index (Phi) is 4.39. The van der Waals surface area contributed by atoms with Crippen LogP contribution in [0.3, 0.4) is 0 Å². The molecule has 0 unspecified atom stereocenters. The lowest BCUT2D eigenvalue weighted by Gasteiger charge is -2.11. The maximum absolute atomic E-state index is 12.0. The Hall–Kier alpha value is -2.34. The third-order valence-electron chi connectivity index (χ3n) is 3.64. The SMILES string of the molecule is COCc1cc(CNC(=O)Nc2ccccc2C2CC2)[nH]n1. The van der Waals surface area contributed by atoms with Crippen LogP contribution in [0.1, 0.15) is 35.7 Å². The van der Waals surface area contributed by atoms with Crippen LogP contribution in [0.5, 0.6) is 0 Å². The van der Waals surface area contributed by atoms with Crippen LogP contribution in [0.15, 0.2) is 30.3 Å². The van der Waals surface area contributed by atoms with Gasteiger partial charge in [0.05, 0.1) is 24.5 Å². The number of H-pyrrole nitrogens is 1. The molecule has 1 aliphatic rings. The summed E-state index contributed by atoms with van der Waals surface area (Å²) in [5, 5.41) is 12.7. The molecule has 1 aromatic carbocycles. The van der Waals surface area contributed by atoms with E-state index in [9.17, 15) is 4.79 Å². The highest BCUT2D eigenvalue weighted by molar-refractivity contribution is 5.90. The number of nitrogens with one attached hydrogen (secondary N) is 3. The Labute approximate surface area is 129 Å². The maximum Gasteiger partial charge on any atom is 0.319 e. The van der Waals surface area contributed by atoms with E-state index in [0.29, 0.717) is 19.1 Å². The molecule has 0 radical (unpaired) electrons. The largest absolute Gasteiger partial charge is 0.378 e. The fraction of sp³-hybridized carbons (Fsp3) is 0.375. The topological polar surface area (TPSA) is 79.0 Å². The summed E-state index contributed by atoms with van der Waals surface area (Å²) in [4.78, 5) is 12.0. The van der Waals surface area contributed by atoms with Gasteiger partial charge in [-0.2, -0.15) is 5.10 Å². The van der Waals surface area contributed by atoms with E-state index in [0.717, 1.165) is 17.1 Å². The van der Waals surface area contributed by atoms with Crippen molar-refractivity contribution < 1.29 is 9.53 Å². The van der Waals surface area contributed by atoms with Crippen LogP contribution in [0.4, 0.5) is 10.5 Å². The first-order valence-electron chi connectivity index (χ1n) is 7.42. The average Bonchev–Trinajstić information content (AvgIpc) is 3.27. The maximum atomic E-state index is 12.0. The van der Waals surface area contributed by atoms with Crippen molar-refractivity contribution in [2.75, 3.05) is 12.4 Å². The molecule has 0 saturated heterocycles. The summed E-state index contributed by atoms with van der Waals surface area (Å²) < 4.78 is 5.01. The third-order valence-corrected chi connectivity index (χ3v) is 3.64. The van der Waals surface area contributed by atoms with Crippen molar-refractivity contribution in [2.45, 2.75) is 31.9 Å². The number of hydrogen-bond acceptors (Lipinski definition) is 3. The highest BCUT2D eigenvalue weighted by Crippen LogP contribution is 2.43. The lowest BCUT2D eigenvalue weighted by molar-refractivity contribution is 0.181. The molecule has 116 valence electrons. The van der Waals surface area contributed by atoms with Gasteiger partial charge < -0.3 is 15.4 Å². The minimum absolute atomic E-state index is 0.212. The summed E-state index contributed by atoms with van der Waals surface area (Å²) in [6, 6.07) is 9.64. The number of amides is 2. The monoisotopic (exact) mass is 300 g/mol. The first-order chi connectivity index (χ1) is 10.8. The second-order valence-electron chi connectivity index (χ2n) is 5.49. The van der Waals surface area contributed by atoms with E-state index < -0.39 is 0 Å². The number of urea groups is 1. The number of carbonyl (C=O) groups excluding carboxylic acids is 1. The van der Waals surface area contributed by atoms with Crippen LogP contribution in [0, 0.1) is 0 Å². The molecule has 0 atom stereocenters. The number of para-hydroxylation sites is 1. The highest BCUT2D eigenvalue weighted by Gasteiger charge is 2.26. The van der Waals surface area contributed by atoms with Crippen molar-refractivity contribution in [3.05, 3.63) is 47.3 Å². The van der Waals surface area contributed by atoms with Crippen LogP contribution in [-0.4, -0.2) is 23.3 Å². The van der Waals surface area contributed by atoms with Crippen LogP contribution in [0.2, 0.25) is 0 Å². The number of carbonyl (C=O) groups is 1. The van der Waals surface area contributed by atoms with Gasteiger partial charge in [-0.1, -0.05) is 18.2 Å². The molecule has 1 aromatic heterocycles. The zero-order valence-electron chi connectivity index (χ0n) is 12.6. The summed E-state index contributed by atoms with van der Waals surface area (Å²) in [5.41, 5.74) is 3.78. The molecule has 1 saturated carbocycles. The van der Waals surface area contributed by atoms with Gasteiger partial charge in [-0.05, 0) is 36.5 Å². The van der Waals surface area contributed by atoms with E-state index in [1.165, 1.54) is 18.4 Å². The van der Waals surface area contributed by atoms with Gasteiger partial charge in [0, 0.05) is 12.8 Å². The molecule has 2 aromatic rings. The second kappa shape index (κ2) is 6.62. The summed E-state index contributed by atoms with van der Waals surface area (Å²) in [5.74, 6) is 0.598. The summed E-state index contributed by atoms with van der Waals surface area (Å²) in [6.07, 6.45) is 2.41. The van der Waals surface area contributed by atoms with E-state index in [2.05, 4.69) is 26.9 Å². The van der Waals surface area contributed by atoms with E-state index >= 15 is 0 Å². The fourth-order valence-electron chi connectivity index (χ4n) is 2.42. The molecular weight excluding hydrogens is 280 g/mol. The Morgan fingerprint density at radius 3 is 3.00 bits per heavy atom. The number of aromatic nitrogens is 2. The Balaban J connectivity index is 1.54. The number of aromatic amines is 1. The predicted octanol–water partition coefficient (Wildman–Crippen LogP) is 2.76. The first kappa shape index (κ1) is 14.6. The number of hydrogen-bond donors (Lipinski definition) is 3. The lowest BCUT2D eigenvalue weighted by atomic mass is 10.1. The van der Waals surface area contributed by atoms with Gasteiger partial charge in [-0.25, -0.2) is 4.79 Å². The van der Waals surface area contributed by atoms with Crippen LogP contribution in [-0.2, 0) is 17.9 Å². The van der Waals surface area contributed by atoms with E-state index in [1.807, 2.05) is 24.3 Å². The predicted molar refractivity (Wildman–Crippen MR) is 83.6 cm³/mol. The Morgan fingerprint density at radius 2 is 2.23 bits per heavy atom. The van der Waals surface area contributed by atoms with Crippen LogP contribution >= 0.6 is 0 Å². The van der Waals surface area contributed by atoms with Crippen LogP contribution < -0.4 is 10.6 Å². The van der Waals surface area contributed by atoms with Gasteiger partial charge in [-0.3, -0.25) is 5.10 Å². The molecule has 6 heteroatoms. The van der Waals surface area contributed by atoms with Gasteiger partial charge in [0.2, 0.25) is 0 Å². The van der Waals surface area contributed by atoms with Gasteiger partial charge in [0.25, 0.3) is 0 Å². The number of anilines is 1. The summed E-state index contributed by atoms with van der Waals surface area (Å²) in [6.45, 7) is 0.853. The average molecular weight is 300 g/mol. The summed E-state index contributed by atoms with van der Waals surface area (Å²) in [7, 11) is 1.62. The van der Waals surface area contributed by atoms with Gasteiger partial charge in [0.15, 0.2) is 0 Å². The standard InChI is InChI=1S/C16H20N4O2/c1-22-10-13-8-12(19-20-13)9-17-16(21)18-15-5-3-2-4-14(15)11-6-7-11/h2-5,8,11H,6-7,9-10H2,1H3,(H,19,20)(H2,17,18,21). The molecule has 2 amide bonds. The Morgan fingerprint density at radius 1 is 1.41 bits per heavy atom. The van der Waals surface area contributed by atoms with E-state index in [4.69, 9.17) is 4.74 Å². The number of nitrogens with zero attached hydrogens (tertiary/aromatic N) is 1. The zero-order valence-corrected chi connectivity index (χ0v) is 12.6.